The minimum absolute atomic E-state index is 0.260. The first-order chi connectivity index (χ1) is 13.4. The highest BCUT2D eigenvalue weighted by atomic mass is 19.1. The molecule has 1 fully saturated rings. The molecule has 7 heteroatoms. The van der Waals surface area contributed by atoms with Crippen LogP contribution in [0.2, 0.25) is 0 Å². The van der Waals surface area contributed by atoms with Gasteiger partial charge in [-0.3, -0.25) is 0 Å². The van der Waals surface area contributed by atoms with Gasteiger partial charge < -0.3 is 19.5 Å². The van der Waals surface area contributed by atoms with E-state index in [1.807, 2.05) is 7.05 Å². The average molecular weight is 386 g/mol. The van der Waals surface area contributed by atoms with Gasteiger partial charge in [0.2, 0.25) is 0 Å². The van der Waals surface area contributed by atoms with Crippen molar-refractivity contribution in [3.05, 3.63) is 41.2 Å². The van der Waals surface area contributed by atoms with Gasteiger partial charge in [-0.15, -0.1) is 0 Å². The van der Waals surface area contributed by atoms with Gasteiger partial charge in [0, 0.05) is 37.7 Å². The predicted octanol–water partition coefficient (Wildman–Crippen LogP) is 4.06. The Hall–Kier alpha value is -2.57. The number of anilines is 1. The number of carbonyl (C=O) groups excluding carboxylic acids is 1. The van der Waals surface area contributed by atoms with Gasteiger partial charge in [0.1, 0.15) is 17.4 Å². The second-order valence-electron chi connectivity index (χ2n) is 8.07. The molecule has 6 nitrogen and oxygen atoms in total. The zero-order valence-corrected chi connectivity index (χ0v) is 16.7. The molecule has 1 aromatic carbocycles. The van der Waals surface area contributed by atoms with E-state index in [1.165, 1.54) is 30.7 Å². The van der Waals surface area contributed by atoms with Crippen LogP contribution in [0, 0.1) is 11.7 Å². The van der Waals surface area contributed by atoms with Crippen LogP contribution in [0.3, 0.4) is 0 Å². The maximum absolute atomic E-state index is 13.7. The van der Waals surface area contributed by atoms with Crippen LogP contribution in [0.5, 0.6) is 5.75 Å². The molecule has 1 N–H and O–H groups in total. The number of hydrogen-bond acceptors (Lipinski definition) is 3. The molecule has 150 valence electrons. The summed E-state index contributed by atoms with van der Waals surface area (Å²) in [4.78, 5) is 19.3. The predicted molar refractivity (Wildman–Crippen MR) is 105 cm³/mol. The first-order valence-electron chi connectivity index (χ1n) is 9.95. The van der Waals surface area contributed by atoms with Gasteiger partial charge in [-0.2, -0.15) is 0 Å². The number of ether oxygens (including phenoxy) is 1. The highest BCUT2D eigenvalue weighted by Gasteiger charge is 2.27. The summed E-state index contributed by atoms with van der Waals surface area (Å²) in [5, 5.41) is 2.83. The van der Waals surface area contributed by atoms with E-state index in [0.29, 0.717) is 43.0 Å². The second kappa shape index (κ2) is 7.45. The molecule has 2 amide bonds. The van der Waals surface area contributed by atoms with Gasteiger partial charge in [-0.25, -0.2) is 14.2 Å². The minimum atomic E-state index is -0.402. The molecule has 0 spiro atoms. The molecule has 4 rings (SSSR count). The fourth-order valence-electron chi connectivity index (χ4n) is 3.65. The van der Waals surface area contributed by atoms with Gasteiger partial charge in [0.15, 0.2) is 0 Å². The molecule has 1 aliphatic heterocycles. The first kappa shape index (κ1) is 18.8. The molecule has 0 bridgehead atoms. The Balaban J connectivity index is 1.47. The Morgan fingerprint density at radius 3 is 2.89 bits per heavy atom. The molecule has 1 saturated carbocycles. The van der Waals surface area contributed by atoms with Crippen LogP contribution >= 0.6 is 0 Å². The van der Waals surface area contributed by atoms with Crippen LogP contribution in [0.25, 0.3) is 0 Å². The number of hydrogen-bond donors (Lipinski definition) is 1. The number of rotatable bonds is 5. The van der Waals surface area contributed by atoms with Crippen LogP contribution < -0.4 is 10.1 Å². The van der Waals surface area contributed by atoms with Gasteiger partial charge >= 0.3 is 6.03 Å². The van der Waals surface area contributed by atoms with E-state index >= 15 is 0 Å². The monoisotopic (exact) mass is 386 g/mol. The number of halogens is 1. The van der Waals surface area contributed by atoms with Crippen molar-refractivity contribution >= 4 is 11.7 Å². The van der Waals surface area contributed by atoms with Crippen LogP contribution in [-0.4, -0.2) is 33.6 Å². The Bertz CT molecular complexity index is 889. The molecule has 0 unspecified atom stereocenters. The quantitative estimate of drug-likeness (QED) is 0.843. The molecule has 0 atom stereocenters. The molecule has 2 heterocycles. The molecule has 1 aliphatic carbocycles. The van der Waals surface area contributed by atoms with E-state index < -0.39 is 5.82 Å². The summed E-state index contributed by atoms with van der Waals surface area (Å²) < 4.78 is 21.7. The van der Waals surface area contributed by atoms with E-state index in [-0.39, 0.29) is 6.03 Å². The van der Waals surface area contributed by atoms with E-state index in [4.69, 9.17) is 9.72 Å². The highest BCUT2D eigenvalue weighted by Crippen LogP contribution is 2.32. The number of fused-ring (bicyclic) bond motifs is 1. The van der Waals surface area contributed by atoms with Crippen molar-refractivity contribution in [2.45, 2.75) is 45.6 Å². The van der Waals surface area contributed by atoms with E-state index in [9.17, 15) is 9.18 Å². The third-order valence-electron chi connectivity index (χ3n) is 5.45. The number of carbonyl (C=O) groups is 1. The van der Waals surface area contributed by atoms with Crippen LogP contribution in [0.1, 0.15) is 49.8 Å². The molecule has 1 aromatic heterocycles. The third kappa shape index (κ3) is 3.84. The minimum Gasteiger partial charge on any atom is -0.491 e. The number of benzene rings is 1. The lowest BCUT2D eigenvalue weighted by atomic mass is 10.1. The molecule has 2 aromatic rings. The fraction of sp³-hybridized carbons (Fsp3) is 0.524. The first-order valence-corrected chi connectivity index (χ1v) is 9.95. The van der Waals surface area contributed by atoms with Crippen LogP contribution in [-0.2, 0) is 20.0 Å². The summed E-state index contributed by atoms with van der Waals surface area (Å²) >= 11 is 0. The summed E-state index contributed by atoms with van der Waals surface area (Å²) in [6.45, 7) is 5.89. The zero-order chi connectivity index (χ0) is 19.8. The summed E-state index contributed by atoms with van der Waals surface area (Å²) in [5.41, 5.74) is 2.50. The van der Waals surface area contributed by atoms with Gasteiger partial charge in [-0.05, 0) is 30.9 Å². The summed E-state index contributed by atoms with van der Waals surface area (Å²) in [6.07, 6.45) is 3.09. The molecular formula is C21H27FN4O2. The van der Waals surface area contributed by atoms with Crippen molar-refractivity contribution in [3.8, 4) is 5.75 Å². The SMILES string of the molecule is CC(C)c1nc2c(n1C)CCN(C(=O)Nc1cc(F)ccc1OCC1CC1)C2. The number of amides is 2. The van der Waals surface area contributed by atoms with Crippen molar-refractivity contribution in [3.63, 3.8) is 0 Å². The Morgan fingerprint density at radius 1 is 1.39 bits per heavy atom. The van der Waals surface area contributed by atoms with Crippen molar-refractivity contribution < 1.29 is 13.9 Å². The maximum Gasteiger partial charge on any atom is 0.322 e. The van der Waals surface area contributed by atoms with Crippen LogP contribution in [0.4, 0.5) is 14.9 Å². The van der Waals surface area contributed by atoms with E-state index in [1.54, 1.807) is 11.0 Å². The Morgan fingerprint density at radius 2 is 2.18 bits per heavy atom. The number of nitrogens with one attached hydrogen (secondary N) is 1. The van der Waals surface area contributed by atoms with Crippen LogP contribution in [0.15, 0.2) is 18.2 Å². The summed E-state index contributed by atoms with van der Waals surface area (Å²) in [5.74, 6) is 2.05. The van der Waals surface area contributed by atoms with E-state index in [2.05, 4.69) is 23.7 Å². The molecule has 2 aliphatic rings. The maximum atomic E-state index is 13.7. The average Bonchev–Trinajstić information content (AvgIpc) is 3.43. The van der Waals surface area contributed by atoms with Crippen molar-refractivity contribution in [1.82, 2.24) is 14.5 Å². The normalized spacial score (nSPS) is 16.2. The van der Waals surface area contributed by atoms with Gasteiger partial charge in [-0.1, -0.05) is 13.8 Å². The zero-order valence-electron chi connectivity index (χ0n) is 16.7. The third-order valence-corrected chi connectivity index (χ3v) is 5.45. The van der Waals surface area contributed by atoms with Crippen molar-refractivity contribution in [2.24, 2.45) is 13.0 Å². The summed E-state index contributed by atoms with van der Waals surface area (Å²) in [6, 6.07) is 3.98. The fourth-order valence-corrected chi connectivity index (χ4v) is 3.65. The number of imidazole rings is 1. The Labute approximate surface area is 164 Å². The lowest BCUT2D eigenvalue weighted by Gasteiger charge is -2.27. The van der Waals surface area contributed by atoms with Gasteiger partial charge in [0.25, 0.3) is 0 Å². The smallest absolute Gasteiger partial charge is 0.322 e. The second-order valence-corrected chi connectivity index (χ2v) is 8.07. The van der Waals surface area contributed by atoms with Crippen molar-refractivity contribution in [1.29, 1.82) is 0 Å². The molecular weight excluding hydrogens is 359 g/mol. The number of nitrogens with zero attached hydrogens (tertiary/aromatic N) is 3. The highest BCUT2D eigenvalue weighted by molar-refractivity contribution is 5.91. The number of aromatic nitrogens is 2. The standard InChI is InChI=1S/C21H27FN4O2/c1-13(2)20-23-17-11-26(9-8-18(17)25(20)3)21(27)24-16-10-15(22)6-7-19(16)28-12-14-4-5-14/h6-7,10,13-14H,4-5,8-9,11-12H2,1-3H3,(H,24,27). The van der Waals surface area contributed by atoms with E-state index in [0.717, 1.165) is 17.9 Å². The lowest BCUT2D eigenvalue weighted by molar-refractivity contribution is 0.205. The molecule has 28 heavy (non-hydrogen) atoms. The molecule has 0 saturated heterocycles. The van der Waals surface area contributed by atoms with Gasteiger partial charge in [0.05, 0.1) is 24.5 Å². The molecule has 0 radical (unpaired) electrons. The topological polar surface area (TPSA) is 59.4 Å². The number of urea groups is 1. The lowest BCUT2D eigenvalue weighted by Crippen LogP contribution is -2.39. The van der Waals surface area contributed by atoms with Crippen molar-refractivity contribution in [2.75, 3.05) is 18.5 Å². The summed E-state index contributed by atoms with van der Waals surface area (Å²) in [7, 11) is 2.03. The Kier molecular flexibility index (Phi) is 5.00. The largest absolute Gasteiger partial charge is 0.491 e.